The van der Waals surface area contributed by atoms with Crippen LogP contribution >= 0.6 is 15.9 Å². The van der Waals surface area contributed by atoms with E-state index in [0.29, 0.717) is 38.8 Å². The van der Waals surface area contributed by atoms with Gasteiger partial charge >= 0.3 is 5.97 Å². The lowest BCUT2D eigenvalue weighted by atomic mass is 9.54. The zero-order valence-electron chi connectivity index (χ0n) is 18.2. The molecule has 3 atom stereocenters. The first-order valence-electron chi connectivity index (χ1n) is 11.1. The molecule has 0 aromatic carbocycles. The van der Waals surface area contributed by atoms with Crippen LogP contribution in [0, 0.1) is 5.41 Å². The molecule has 3 aliphatic rings. The van der Waals surface area contributed by atoms with Crippen molar-refractivity contribution in [2.45, 2.75) is 68.7 Å². The number of carbonyl (C=O) groups is 2. The number of fused-ring (bicyclic) bond motifs is 2. The van der Waals surface area contributed by atoms with E-state index in [9.17, 15) is 14.7 Å². The molecular formula is C24H34BrNO4. The largest absolute Gasteiger partial charge is 0.465 e. The number of rotatable bonds is 8. The molecule has 166 valence electrons. The summed E-state index contributed by atoms with van der Waals surface area (Å²) in [5, 5.41) is 12.2. The van der Waals surface area contributed by atoms with Gasteiger partial charge in [0.15, 0.2) is 5.78 Å². The number of esters is 1. The molecule has 1 N–H and O–H groups in total. The van der Waals surface area contributed by atoms with Crippen molar-refractivity contribution in [1.29, 1.82) is 0 Å². The van der Waals surface area contributed by atoms with Crippen molar-refractivity contribution < 1.29 is 19.4 Å². The lowest BCUT2D eigenvalue weighted by Gasteiger charge is -2.62. The summed E-state index contributed by atoms with van der Waals surface area (Å²) in [5.41, 5.74) is -0.663. The van der Waals surface area contributed by atoms with Crippen molar-refractivity contribution in [3.63, 3.8) is 0 Å². The molecule has 0 aromatic heterocycles. The highest BCUT2D eigenvalue weighted by molar-refractivity contribution is 9.10. The van der Waals surface area contributed by atoms with Crippen molar-refractivity contribution in [2.24, 2.45) is 5.41 Å². The van der Waals surface area contributed by atoms with Gasteiger partial charge in [-0.2, -0.15) is 0 Å². The number of nitrogens with zero attached hydrogens (tertiary/aromatic N) is 1. The van der Waals surface area contributed by atoms with Gasteiger partial charge in [0.1, 0.15) is 11.0 Å². The Morgan fingerprint density at radius 1 is 1.37 bits per heavy atom. The number of likely N-dealkylation sites (tertiary alicyclic amines) is 1. The minimum Gasteiger partial charge on any atom is -0.465 e. The van der Waals surface area contributed by atoms with Crippen LogP contribution in [-0.4, -0.2) is 57.9 Å². The molecule has 0 aromatic rings. The maximum Gasteiger partial charge on any atom is 0.316 e. The second kappa shape index (κ2) is 9.09. The summed E-state index contributed by atoms with van der Waals surface area (Å²) in [6, 6.07) is 0. The molecule has 6 heteroatoms. The van der Waals surface area contributed by atoms with Gasteiger partial charge in [-0.05, 0) is 51.1 Å². The van der Waals surface area contributed by atoms with Gasteiger partial charge in [0, 0.05) is 25.1 Å². The van der Waals surface area contributed by atoms with E-state index in [-0.39, 0.29) is 18.4 Å². The predicted octanol–water partition coefficient (Wildman–Crippen LogP) is 4.10. The maximum absolute atomic E-state index is 13.3. The molecule has 0 spiro atoms. The normalized spacial score (nSPS) is 34.6. The minimum absolute atomic E-state index is 0.143. The van der Waals surface area contributed by atoms with Crippen molar-refractivity contribution in [3.8, 4) is 0 Å². The fourth-order valence-electron chi connectivity index (χ4n) is 5.57. The number of ether oxygens (including phenoxy) is 1. The molecule has 30 heavy (non-hydrogen) atoms. The highest BCUT2D eigenvalue weighted by Gasteiger charge is 2.70. The van der Waals surface area contributed by atoms with Crippen molar-refractivity contribution in [1.82, 2.24) is 4.90 Å². The summed E-state index contributed by atoms with van der Waals surface area (Å²) < 4.78 is 4.91. The number of carbonyl (C=O) groups excluding carboxylic acids is 2. The van der Waals surface area contributed by atoms with E-state index in [1.807, 2.05) is 12.2 Å². The highest BCUT2D eigenvalue weighted by Crippen LogP contribution is 2.59. The summed E-state index contributed by atoms with van der Waals surface area (Å²) in [7, 11) is 0. The first-order valence-corrected chi connectivity index (χ1v) is 11.9. The number of piperidine rings is 1. The predicted molar refractivity (Wildman–Crippen MR) is 121 cm³/mol. The second-order valence-corrected chi connectivity index (χ2v) is 10.3. The third-order valence-electron chi connectivity index (χ3n) is 7.16. The van der Waals surface area contributed by atoms with Crippen LogP contribution in [0.25, 0.3) is 0 Å². The van der Waals surface area contributed by atoms with Crippen LogP contribution in [0.3, 0.4) is 0 Å². The summed E-state index contributed by atoms with van der Waals surface area (Å²) in [4.78, 5) is 27.9. The summed E-state index contributed by atoms with van der Waals surface area (Å²) in [6.45, 7) is 9.97. The van der Waals surface area contributed by atoms with Crippen molar-refractivity contribution in [2.75, 3.05) is 26.2 Å². The van der Waals surface area contributed by atoms with Crippen LogP contribution in [0.2, 0.25) is 0 Å². The Labute approximate surface area is 188 Å². The minimum atomic E-state index is -1.30. The average molecular weight is 480 g/mol. The summed E-state index contributed by atoms with van der Waals surface area (Å²) >= 11 is 3.90. The van der Waals surface area contributed by atoms with Crippen LogP contribution in [0.1, 0.15) is 58.8 Å². The first kappa shape index (κ1) is 23.4. The Morgan fingerprint density at radius 2 is 2.13 bits per heavy atom. The number of alkyl halides is 1. The van der Waals surface area contributed by atoms with Crippen LogP contribution < -0.4 is 0 Å². The lowest BCUT2D eigenvalue weighted by molar-refractivity contribution is -0.207. The summed E-state index contributed by atoms with van der Waals surface area (Å²) in [6.07, 6.45) is 10.1. The fraction of sp³-hybridized carbons (Fsp3) is 0.667. The Balaban J connectivity index is 2.04. The highest BCUT2D eigenvalue weighted by atomic mass is 79.9. The third kappa shape index (κ3) is 3.76. The number of hydrogen-bond donors (Lipinski definition) is 1. The van der Waals surface area contributed by atoms with E-state index >= 15 is 0 Å². The van der Waals surface area contributed by atoms with Gasteiger partial charge in [-0.15, -0.1) is 6.58 Å². The molecule has 0 unspecified atom stereocenters. The van der Waals surface area contributed by atoms with Crippen LogP contribution in [0.5, 0.6) is 0 Å². The molecule has 0 amide bonds. The van der Waals surface area contributed by atoms with Crippen molar-refractivity contribution in [3.05, 3.63) is 36.0 Å². The van der Waals surface area contributed by atoms with Gasteiger partial charge < -0.3 is 14.7 Å². The second-order valence-electron chi connectivity index (χ2n) is 8.79. The Bertz CT molecular complexity index is 775. The lowest BCUT2D eigenvalue weighted by Crippen LogP contribution is -2.75. The van der Waals surface area contributed by atoms with E-state index in [2.05, 4.69) is 34.3 Å². The van der Waals surface area contributed by atoms with Crippen LogP contribution in [-0.2, 0) is 14.3 Å². The summed E-state index contributed by atoms with van der Waals surface area (Å²) in [5.74, 6) is -0.172. The SMILES string of the molecule is C=CC/C(=C/C[C@@]1(O)[C@]2(Br)CCC[C@@]1(C(=O)OCC)CN(CC)C2)C1=CCCC1=O. The van der Waals surface area contributed by atoms with E-state index in [1.54, 1.807) is 13.0 Å². The van der Waals surface area contributed by atoms with Gasteiger partial charge in [-0.3, -0.25) is 9.59 Å². The molecule has 2 bridgehead atoms. The Morgan fingerprint density at radius 3 is 2.73 bits per heavy atom. The van der Waals surface area contributed by atoms with Crippen molar-refractivity contribution >= 4 is 27.7 Å². The average Bonchev–Trinajstić information content (AvgIpc) is 3.12. The molecule has 3 rings (SSSR count). The smallest absolute Gasteiger partial charge is 0.316 e. The zero-order valence-corrected chi connectivity index (χ0v) is 19.8. The first-order chi connectivity index (χ1) is 14.3. The quantitative estimate of drug-likeness (QED) is 0.322. The number of Topliss-reactive ketones (excluding diaryl/α,β-unsaturated/α-hetero) is 1. The van der Waals surface area contributed by atoms with Gasteiger partial charge in [-0.1, -0.05) is 47.5 Å². The number of halogens is 1. The molecule has 1 saturated heterocycles. The topological polar surface area (TPSA) is 66.8 Å². The van der Waals surface area contributed by atoms with Gasteiger partial charge in [0.05, 0.1) is 10.9 Å². The van der Waals surface area contributed by atoms with Gasteiger partial charge in [0.2, 0.25) is 0 Å². The molecule has 1 aliphatic heterocycles. The fourth-order valence-corrected chi connectivity index (χ4v) is 6.74. The van der Waals surface area contributed by atoms with Crippen LogP contribution in [0.15, 0.2) is 36.0 Å². The molecule has 1 saturated carbocycles. The van der Waals surface area contributed by atoms with E-state index < -0.39 is 15.3 Å². The standard InChI is InChI=1S/C24H34BrNO4/c1-4-9-18(19-10-7-11-20(19)27)12-15-24(29)22(21(28)30-6-3)13-8-14-23(24,25)17-26(5-2)16-22/h4,10,12,29H,1,5-9,11,13-17H2,2-3H3/b18-12-/t22-,23-,24-/m0/s1. The van der Waals surface area contributed by atoms with Crippen LogP contribution in [0.4, 0.5) is 0 Å². The zero-order chi connectivity index (χ0) is 22.0. The number of hydrogen-bond acceptors (Lipinski definition) is 5. The van der Waals surface area contributed by atoms with E-state index in [1.165, 1.54) is 0 Å². The number of ketones is 1. The number of aliphatic hydroxyl groups is 1. The monoisotopic (exact) mass is 479 g/mol. The molecule has 2 fully saturated rings. The number of allylic oxidation sites excluding steroid dienone is 4. The molecule has 0 radical (unpaired) electrons. The van der Waals surface area contributed by atoms with E-state index in [0.717, 1.165) is 37.0 Å². The maximum atomic E-state index is 13.3. The van der Waals surface area contributed by atoms with E-state index in [4.69, 9.17) is 4.74 Å². The van der Waals surface area contributed by atoms with Gasteiger partial charge in [0.25, 0.3) is 0 Å². The third-order valence-corrected chi connectivity index (χ3v) is 8.47. The molecule has 2 aliphatic carbocycles. The molecule has 5 nitrogen and oxygen atoms in total. The Hall–Kier alpha value is -1.24. The Kier molecular flexibility index (Phi) is 7.10. The molecular weight excluding hydrogens is 446 g/mol. The van der Waals surface area contributed by atoms with Gasteiger partial charge in [-0.25, -0.2) is 0 Å². The molecule has 1 heterocycles.